The molecule has 4 heteroatoms. The summed E-state index contributed by atoms with van der Waals surface area (Å²) in [7, 11) is 0. The largest absolute Gasteiger partial charge is 0.490 e. The molecule has 4 nitrogen and oxygen atoms in total. The SMILES string of the molecule is CCNCC1(c2ccc3c(c2)OCCCO3)COC1. The van der Waals surface area contributed by atoms with Gasteiger partial charge in [0.15, 0.2) is 11.5 Å². The van der Waals surface area contributed by atoms with Crippen LogP contribution in [0.25, 0.3) is 0 Å². The van der Waals surface area contributed by atoms with E-state index >= 15 is 0 Å². The van der Waals surface area contributed by atoms with Crippen molar-refractivity contribution >= 4 is 0 Å². The Labute approximate surface area is 114 Å². The zero-order valence-corrected chi connectivity index (χ0v) is 11.4. The molecule has 0 aliphatic carbocycles. The maximum atomic E-state index is 5.77. The lowest BCUT2D eigenvalue weighted by atomic mass is 9.78. The van der Waals surface area contributed by atoms with Crippen molar-refractivity contribution in [3.05, 3.63) is 23.8 Å². The van der Waals surface area contributed by atoms with Gasteiger partial charge in [-0.2, -0.15) is 0 Å². The molecule has 1 aromatic carbocycles. The number of fused-ring (bicyclic) bond motifs is 1. The summed E-state index contributed by atoms with van der Waals surface area (Å²) in [6.45, 7) is 7.07. The quantitative estimate of drug-likeness (QED) is 0.898. The van der Waals surface area contributed by atoms with Crippen molar-refractivity contribution < 1.29 is 14.2 Å². The first-order chi connectivity index (χ1) is 9.34. The van der Waals surface area contributed by atoms with Crippen LogP contribution in [0.15, 0.2) is 18.2 Å². The second kappa shape index (κ2) is 5.39. The molecular formula is C15H21NO3. The minimum atomic E-state index is 0.0979. The smallest absolute Gasteiger partial charge is 0.161 e. The first kappa shape index (κ1) is 12.8. The normalized spacial score (nSPS) is 20.5. The summed E-state index contributed by atoms with van der Waals surface area (Å²) in [5, 5.41) is 3.43. The summed E-state index contributed by atoms with van der Waals surface area (Å²) in [6.07, 6.45) is 0.940. The van der Waals surface area contributed by atoms with Crippen molar-refractivity contribution in [1.29, 1.82) is 0 Å². The van der Waals surface area contributed by atoms with E-state index < -0.39 is 0 Å². The number of nitrogens with one attached hydrogen (secondary N) is 1. The Morgan fingerprint density at radius 1 is 1.16 bits per heavy atom. The van der Waals surface area contributed by atoms with Gasteiger partial charge in [0.1, 0.15) is 0 Å². The molecule has 2 aliphatic rings. The van der Waals surface area contributed by atoms with Crippen molar-refractivity contribution in [3.8, 4) is 11.5 Å². The lowest BCUT2D eigenvalue weighted by Crippen LogP contribution is -2.53. The van der Waals surface area contributed by atoms with Gasteiger partial charge in [0.25, 0.3) is 0 Å². The van der Waals surface area contributed by atoms with Gasteiger partial charge >= 0.3 is 0 Å². The van der Waals surface area contributed by atoms with Crippen molar-refractivity contribution in [2.75, 3.05) is 39.5 Å². The van der Waals surface area contributed by atoms with Gasteiger partial charge in [0, 0.05) is 13.0 Å². The Morgan fingerprint density at radius 3 is 2.63 bits per heavy atom. The summed E-state index contributed by atoms with van der Waals surface area (Å²) < 4.78 is 16.9. The molecule has 0 unspecified atom stereocenters. The maximum Gasteiger partial charge on any atom is 0.161 e. The van der Waals surface area contributed by atoms with Gasteiger partial charge in [-0.05, 0) is 24.2 Å². The van der Waals surface area contributed by atoms with Crippen molar-refractivity contribution in [2.24, 2.45) is 0 Å². The van der Waals surface area contributed by atoms with Crippen LogP contribution < -0.4 is 14.8 Å². The van der Waals surface area contributed by atoms with Gasteiger partial charge in [-0.3, -0.25) is 0 Å². The average molecular weight is 263 g/mol. The maximum absolute atomic E-state index is 5.77. The highest BCUT2D eigenvalue weighted by molar-refractivity contribution is 5.46. The Kier molecular flexibility index (Phi) is 3.62. The zero-order chi connectivity index (χ0) is 13.1. The fourth-order valence-corrected chi connectivity index (χ4v) is 2.58. The van der Waals surface area contributed by atoms with E-state index in [1.807, 2.05) is 6.07 Å². The number of hydrogen-bond donors (Lipinski definition) is 1. The van der Waals surface area contributed by atoms with E-state index in [9.17, 15) is 0 Å². The summed E-state index contributed by atoms with van der Waals surface area (Å²) >= 11 is 0. The second-order valence-electron chi connectivity index (χ2n) is 5.27. The molecule has 0 amide bonds. The van der Waals surface area contributed by atoms with E-state index in [0.29, 0.717) is 0 Å². The third-order valence-corrected chi connectivity index (χ3v) is 3.83. The molecule has 0 aromatic heterocycles. The van der Waals surface area contributed by atoms with Crippen LogP contribution in [-0.2, 0) is 10.2 Å². The Bertz CT molecular complexity index is 443. The van der Waals surface area contributed by atoms with Crippen LogP contribution in [0.2, 0.25) is 0 Å². The molecule has 1 fully saturated rings. The van der Waals surface area contributed by atoms with Crippen LogP contribution in [0.3, 0.4) is 0 Å². The molecular weight excluding hydrogens is 242 g/mol. The lowest BCUT2D eigenvalue weighted by Gasteiger charge is -2.42. The van der Waals surface area contributed by atoms with Crippen LogP contribution in [0, 0.1) is 0 Å². The molecule has 1 N–H and O–H groups in total. The monoisotopic (exact) mass is 263 g/mol. The van der Waals surface area contributed by atoms with Gasteiger partial charge in [-0.15, -0.1) is 0 Å². The van der Waals surface area contributed by atoms with Crippen molar-refractivity contribution in [2.45, 2.75) is 18.8 Å². The first-order valence-electron chi connectivity index (χ1n) is 7.03. The van der Waals surface area contributed by atoms with Crippen LogP contribution in [-0.4, -0.2) is 39.5 Å². The van der Waals surface area contributed by atoms with Crippen molar-refractivity contribution in [3.63, 3.8) is 0 Å². The van der Waals surface area contributed by atoms with E-state index in [2.05, 4.69) is 24.4 Å². The van der Waals surface area contributed by atoms with E-state index in [1.54, 1.807) is 0 Å². The highest BCUT2D eigenvalue weighted by Gasteiger charge is 2.40. The van der Waals surface area contributed by atoms with Gasteiger partial charge in [-0.25, -0.2) is 0 Å². The third-order valence-electron chi connectivity index (χ3n) is 3.83. The summed E-state index contributed by atoms with van der Waals surface area (Å²) in [4.78, 5) is 0. The van der Waals surface area contributed by atoms with Crippen LogP contribution in [0.5, 0.6) is 11.5 Å². The molecule has 19 heavy (non-hydrogen) atoms. The van der Waals surface area contributed by atoms with E-state index in [1.165, 1.54) is 5.56 Å². The molecule has 104 valence electrons. The molecule has 0 bridgehead atoms. The number of benzene rings is 1. The van der Waals surface area contributed by atoms with E-state index in [-0.39, 0.29) is 5.41 Å². The van der Waals surface area contributed by atoms with E-state index in [4.69, 9.17) is 14.2 Å². The molecule has 0 saturated carbocycles. The minimum Gasteiger partial charge on any atom is -0.490 e. The second-order valence-corrected chi connectivity index (χ2v) is 5.27. The molecule has 2 aliphatic heterocycles. The molecule has 1 saturated heterocycles. The highest BCUT2D eigenvalue weighted by Crippen LogP contribution is 2.38. The average Bonchev–Trinajstić information content (AvgIpc) is 2.62. The number of ether oxygens (including phenoxy) is 3. The molecule has 1 aromatic rings. The number of hydrogen-bond acceptors (Lipinski definition) is 4. The fourth-order valence-electron chi connectivity index (χ4n) is 2.58. The predicted octanol–water partition coefficient (Wildman–Crippen LogP) is 1.73. The van der Waals surface area contributed by atoms with Gasteiger partial charge in [-0.1, -0.05) is 13.0 Å². The number of likely N-dealkylation sites (N-methyl/N-ethyl adjacent to an activating group) is 1. The summed E-state index contributed by atoms with van der Waals surface area (Å²) in [5.74, 6) is 1.73. The minimum absolute atomic E-state index is 0.0979. The molecule has 0 radical (unpaired) electrons. The first-order valence-corrected chi connectivity index (χ1v) is 7.03. The highest BCUT2D eigenvalue weighted by atomic mass is 16.5. The van der Waals surface area contributed by atoms with Crippen molar-refractivity contribution in [1.82, 2.24) is 5.32 Å². The summed E-state index contributed by atoms with van der Waals surface area (Å²) in [6, 6.07) is 6.30. The molecule has 0 spiro atoms. The molecule has 0 atom stereocenters. The number of rotatable bonds is 4. The van der Waals surface area contributed by atoms with Gasteiger partial charge in [0.2, 0.25) is 0 Å². The van der Waals surface area contributed by atoms with Gasteiger partial charge in [0.05, 0.1) is 31.8 Å². The zero-order valence-electron chi connectivity index (χ0n) is 11.4. The predicted molar refractivity (Wildman–Crippen MR) is 73.1 cm³/mol. The topological polar surface area (TPSA) is 39.7 Å². The van der Waals surface area contributed by atoms with Gasteiger partial charge < -0.3 is 19.5 Å². The Morgan fingerprint density at radius 2 is 1.95 bits per heavy atom. The van der Waals surface area contributed by atoms with Crippen LogP contribution >= 0.6 is 0 Å². The Hall–Kier alpha value is -1.26. The van der Waals surface area contributed by atoms with Crippen LogP contribution in [0.4, 0.5) is 0 Å². The Balaban J connectivity index is 1.85. The van der Waals surface area contributed by atoms with E-state index in [0.717, 1.165) is 57.4 Å². The molecule has 2 heterocycles. The standard InChI is InChI=1S/C15H21NO3/c1-2-16-9-15(10-17-11-15)12-4-5-13-14(8-12)19-7-3-6-18-13/h4-5,8,16H,2-3,6-7,9-11H2,1H3. The van der Waals surface area contributed by atoms with Crippen LogP contribution in [0.1, 0.15) is 18.9 Å². The summed E-state index contributed by atoms with van der Waals surface area (Å²) in [5.41, 5.74) is 1.38. The fraction of sp³-hybridized carbons (Fsp3) is 0.600. The lowest BCUT2D eigenvalue weighted by molar-refractivity contribution is -0.0588. The third kappa shape index (κ3) is 2.42. The molecule has 3 rings (SSSR count).